The van der Waals surface area contributed by atoms with Crippen molar-refractivity contribution in [2.24, 2.45) is 0 Å². The number of ether oxygens (including phenoxy) is 1. The lowest BCUT2D eigenvalue weighted by Gasteiger charge is -2.34. The number of thiophene rings is 1. The van der Waals surface area contributed by atoms with E-state index in [1.165, 1.54) is 6.07 Å². The number of fused-ring (bicyclic) bond motifs is 1. The summed E-state index contributed by atoms with van der Waals surface area (Å²) < 4.78 is 20.0. The fraction of sp³-hybridized carbons (Fsp3) is 0.182. The van der Waals surface area contributed by atoms with Gasteiger partial charge in [0.05, 0.1) is 12.7 Å². The molecule has 1 amide bonds. The molecule has 0 spiro atoms. The van der Waals surface area contributed by atoms with Crippen LogP contribution in [0.25, 0.3) is 11.1 Å². The van der Waals surface area contributed by atoms with Crippen molar-refractivity contribution in [3.63, 3.8) is 0 Å². The van der Waals surface area contributed by atoms with Crippen molar-refractivity contribution in [2.75, 3.05) is 12.4 Å². The van der Waals surface area contributed by atoms with Gasteiger partial charge in [-0.25, -0.2) is 4.39 Å². The normalized spacial score (nSPS) is 18.3. The lowest BCUT2D eigenvalue weighted by Crippen LogP contribution is -2.50. The average molecular weight is 430 g/mol. The number of carbonyl (C=O) groups is 2. The molecule has 1 atom stereocenters. The quantitative estimate of drug-likeness (QED) is 0.541. The molecule has 0 aliphatic carbocycles. The number of hydrogen-bond acceptors (Lipinski definition) is 4. The lowest BCUT2D eigenvalue weighted by molar-refractivity contribution is -0.120. The van der Waals surface area contributed by atoms with Gasteiger partial charge >= 0.3 is 0 Å². The largest absolute Gasteiger partial charge is 0.497 e. The molecular formula is C22H17ClFNO3S. The summed E-state index contributed by atoms with van der Waals surface area (Å²) in [5, 5.41) is 3.18. The van der Waals surface area contributed by atoms with Crippen molar-refractivity contribution in [1.29, 1.82) is 0 Å². The summed E-state index contributed by atoms with van der Waals surface area (Å²) in [6.07, 6.45) is 0.244. The number of rotatable bonds is 4. The fourth-order valence-corrected chi connectivity index (χ4v) is 5.16. The van der Waals surface area contributed by atoms with Gasteiger partial charge in [-0.15, -0.1) is 11.3 Å². The van der Waals surface area contributed by atoms with Gasteiger partial charge in [-0.2, -0.15) is 0 Å². The Labute approximate surface area is 176 Å². The van der Waals surface area contributed by atoms with Crippen LogP contribution < -0.4 is 10.1 Å². The molecule has 0 saturated carbocycles. The van der Waals surface area contributed by atoms with Gasteiger partial charge in [0, 0.05) is 11.1 Å². The Morgan fingerprint density at radius 2 is 1.79 bits per heavy atom. The summed E-state index contributed by atoms with van der Waals surface area (Å²) >= 11 is 7.47. The molecule has 4 nitrogen and oxygen atoms in total. The Balaban J connectivity index is 1.94. The van der Waals surface area contributed by atoms with E-state index in [-0.39, 0.29) is 27.7 Å². The number of ketones is 1. The first kappa shape index (κ1) is 19.6. The number of nitrogens with one attached hydrogen (secondary N) is 1. The third-order valence-corrected chi connectivity index (χ3v) is 6.67. The summed E-state index contributed by atoms with van der Waals surface area (Å²) in [7, 11) is 1.55. The first-order chi connectivity index (χ1) is 13.9. The van der Waals surface area contributed by atoms with Crippen molar-refractivity contribution in [1.82, 2.24) is 0 Å². The molecule has 3 aromatic rings. The molecular weight excluding hydrogens is 413 g/mol. The van der Waals surface area contributed by atoms with Crippen LogP contribution in [-0.2, 0) is 10.2 Å². The molecule has 0 saturated heterocycles. The third kappa shape index (κ3) is 2.86. The second kappa shape index (κ2) is 7.28. The van der Waals surface area contributed by atoms with Crippen LogP contribution in [0, 0.1) is 5.82 Å². The number of Topliss-reactive ketones (excluding diaryl/α,β-unsaturated/α-hetero) is 1. The maximum absolute atomic E-state index is 14.5. The predicted molar refractivity (Wildman–Crippen MR) is 113 cm³/mol. The van der Waals surface area contributed by atoms with Crippen LogP contribution in [0.3, 0.4) is 0 Å². The maximum atomic E-state index is 14.5. The van der Waals surface area contributed by atoms with Gasteiger partial charge in [-0.3, -0.25) is 9.59 Å². The van der Waals surface area contributed by atoms with E-state index in [1.54, 1.807) is 56.5 Å². The molecule has 0 fully saturated rings. The summed E-state index contributed by atoms with van der Waals surface area (Å²) in [5.74, 6) is -0.660. The van der Waals surface area contributed by atoms with Crippen LogP contribution in [0.15, 0.2) is 48.5 Å². The molecule has 1 aliphatic heterocycles. The minimum Gasteiger partial charge on any atom is -0.497 e. The summed E-state index contributed by atoms with van der Waals surface area (Å²) in [4.78, 5) is 26.9. The first-order valence-electron chi connectivity index (χ1n) is 9.02. The topological polar surface area (TPSA) is 55.4 Å². The van der Waals surface area contributed by atoms with Crippen LogP contribution in [-0.4, -0.2) is 18.8 Å². The SMILES string of the molecule is CCC1(c2ccc(OC)cc2)C(=O)Nc2sc(Cl)c(-c3ccccc3F)c2C1=O. The van der Waals surface area contributed by atoms with Crippen LogP contribution >= 0.6 is 22.9 Å². The van der Waals surface area contributed by atoms with Crippen molar-refractivity contribution in [2.45, 2.75) is 18.8 Å². The van der Waals surface area contributed by atoms with Crippen molar-refractivity contribution < 1.29 is 18.7 Å². The molecule has 1 aliphatic rings. The summed E-state index contributed by atoms with van der Waals surface area (Å²) in [5.41, 5.74) is -0.0672. The standard InChI is InChI=1S/C22H17ClFNO3S/c1-3-22(12-8-10-13(28-2)11-9-12)18(26)17-16(14-6-4-5-7-15(14)24)19(23)29-20(17)25-21(22)27/h4-11H,3H2,1-2H3,(H,25,27). The highest BCUT2D eigenvalue weighted by Gasteiger charge is 2.52. The second-order valence-electron chi connectivity index (χ2n) is 6.71. The molecule has 148 valence electrons. The molecule has 0 bridgehead atoms. The van der Waals surface area contributed by atoms with Gasteiger partial charge in [0.1, 0.15) is 26.3 Å². The average Bonchev–Trinajstić information content (AvgIpc) is 3.05. The molecule has 1 N–H and O–H groups in total. The monoisotopic (exact) mass is 429 g/mol. The zero-order valence-electron chi connectivity index (χ0n) is 15.7. The number of amides is 1. The van der Waals surface area contributed by atoms with Crippen LogP contribution in [0.5, 0.6) is 5.75 Å². The van der Waals surface area contributed by atoms with E-state index in [1.807, 2.05) is 0 Å². The van der Waals surface area contributed by atoms with Gasteiger partial charge < -0.3 is 10.1 Å². The molecule has 1 unspecified atom stereocenters. The third-order valence-electron chi connectivity index (χ3n) is 5.35. The van der Waals surface area contributed by atoms with Crippen LogP contribution in [0.2, 0.25) is 4.34 Å². The van der Waals surface area contributed by atoms with Gasteiger partial charge in [-0.1, -0.05) is 48.9 Å². The Bertz CT molecular complexity index is 1130. The van der Waals surface area contributed by atoms with Crippen molar-refractivity contribution in [3.8, 4) is 16.9 Å². The van der Waals surface area contributed by atoms with E-state index >= 15 is 0 Å². The van der Waals surface area contributed by atoms with E-state index in [9.17, 15) is 14.0 Å². The van der Waals surface area contributed by atoms with E-state index in [0.29, 0.717) is 21.9 Å². The molecule has 29 heavy (non-hydrogen) atoms. The Morgan fingerprint density at radius 3 is 2.41 bits per heavy atom. The summed E-state index contributed by atoms with van der Waals surface area (Å²) in [6.45, 7) is 1.78. The first-order valence-corrected chi connectivity index (χ1v) is 10.2. The number of carbonyl (C=O) groups excluding carboxylic acids is 2. The minimum absolute atomic E-state index is 0.235. The zero-order valence-corrected chi connectivity index (χ0v) is 17.3. The number of benzene rings is 2. The van der Waals surface area contributed by atoms with Gasteiger partial charge in [0.25, 0.3) is 0 Å². The van der Waals surface area contributed by atoms with Gasteiger partial charge in [0.15, 0.2) is 5.78 Å². The highest BCUT2D eigenvalue weighted by Crippen LogP contribution is 2.50. The van der Waals surface area contributed by atoms with E-state index in [2.05, 4.69) is 5.32 Å². The maximum Gasteiger partial charge on any atom is 0.243 e. The van der Waals surface area contributed by atoms with Crippen LogP contribution in [0.4, 0.5) is 9.39 Å². The van der Waals surface area contributed by atoms with Crippen molar-refractivity contribution in [3.05, 3.63) is 69.8 Å². The number of anilines is 1. The van der Waals surface area contributed by atoms with E-state index in [4.69, 9.17) is 16.3 Å². The molecule has 2 heterocycles. The molecule has 4 rings (SSSR count). The van der Waals surface area contributed by atoms with Crippen LogP contribution in [0.1, 0.15) is 29.3 Å². The second-order valence-corrected chi connectivity index (χ2v) is 8.33. The minimum atomic E-state index is -1.43. The smallest absolute Gasteiger partial charge is 0.243 e. The van der Waals surface area contributed by atoms with Gasteiger partial charge in [-0.05, 0) is 30.2 Å². The number of methoxy groups -OCH3 is 1. The highest BCUT2D eigenvalue weighted by molar-refractivity contribution is 7.21. The number of hydrogen-bond donors (Lipinski definition) is 1. The molecule has 2 aromatic carbocycles. The van der Waals surface area contributed by atoms with E-state index < -0.39 is 17.1 Å². The highest BCUT2D eigenvalue weighted by atomic mass is 35.5. The Morgan fingerprint density at radius 1 is 1.10 bits per heavy atom. The predicted octanol–water partition coefficient (Wildman–Crippen LogP) is 5.70. The fourth-order valence-electron chi connectivity index (χ4n) is 3.80. The molecule has 0 radical (unpaired) electrons. The van der Waals surface area contributed by atoms with Crippen molar-refractivity contribution >= 4 is 39.6 Å². The summed E-state index contributed by atoms with van der Waals surface area (Å²) in [6, 6.07) is 13.0. The van der Waals surface area contributed by atoms with E-state index in [0.717, 1.165) is 11.3 Å². The molecule has 7 heteroatoms. The zero-order chi connectivity index (χ0) is 20.8. The lowest BCUT2D eigenvalue weighted by atomic mass is 9.69. The van der Waals surface area contributed by atoms with Gasteiger partial charge in [0.2, 0.25) is 5.91 Å². The number of halogens is 2. The molecule has 1 aromatic heterocycles. The Kier molecular flexibility index (Phi) is 4.92. The Hall–Kier alpha value is -2.70.